The van der Waals surface area contributed by atoms with E-state index in [2.05, 4.69) is 27.5 Å². The molecule has 2 aliphatic heterocycles. The zero-order valence-electron chi connectivity index (χ0n) is 16.8. The summed E-state index contributed by atoms with van der Waals surface area (Å²) < 4.78 is 10.3. The zero-order valence-corrected chi connectivity index (χ0v) is 17.6. The third kappa shape index (κ3) is 3.45. The Bertz CT molecular complexity index is 1190. The number of carbonyl (C=O) groups is 1. The molecule has 2 aromatic carbocycles. The molecule has 1 amide bonds. The molecule has 0 radical (unpaired) electrons. The van der Waals surface area contributed by atoms with Gasteiger partial charge in [-0.3, -0.25) is 4.79 Å². The summed E-state index contributed by atoms with van der Waals surface area (Å²) in [5.41, 5.74) is 5.01. The largest absolute Gasteiger partial charge is 0.506 e. The lowest BCUT2D eigenvalue weighted by Crippen LogP contribution is -2.36. The van der Waals surface area contributed by atoms with Gasteiger partial charge >= 0.3 is 0 Å². The van der Waals surface area contributed by atoms with Crippen LogP contribution in [0.5, 0.6) is 0 Å². The summed E-state index contributed by atoms with van der Waals surface area (Å²) in [5, 5.41) is 17.9. The number of morpholine rings is 1. The number of rotatable bonds is 3. The highest BCUT2D eigenvalue weighted by molar-refractivity contribution is 6.38. The van der Waals surface area contributed by atoms with Gasteiger partial charge in [-0.15, -0.1) is 0 Å². The molecule has 158 valence electrons. The molecule has 0 aliphatic carbocycles. The van der Waals surface area contributed by atoms with Gasteiger partial charge in [-0.2, -0.15) is 0 Å². The maximum atomic E-state index is 12.6. The van der Waals surface area contributed by atoms with Gasteiger partial charge in [-0.05, 0) is 36.8 Å². The predicted octanol–water partition coefficient (Wildman–Crippen LogP) is 4.52. The second-order valence-corrected chi connectivity index (χ2v) is 7.92. The van der Waals surface area contributed by atoms with E-state index < -0.39 is 5.91 Å². The number of anilines is 2. The fourth-order valence-electron chi connectivity index (χ4n) is 3.97. The number of hydrogen-bond donors (Lipinski definition) is 2. The molecule has 1 saturated heterocycles. The quantitative estimate of drug-likeness (QED) is 0.462. The SMILES string of the molecule is Cc1nocc1C(O)=C1C(=O)Nc2cc(Cl)c(-c3ccc(N4CCOCC4)cc3)cc21. The van der Waals surface area contributed by atoms with E-state index in [1.165, 1.54) is 6.26 Å². The van der Waals surface area contributed by atoms with Crippen molar-refractivity contribution in [3.8, 4) is 11.1 Å². The number of carbonyl (C=O) groups excluding carboxylic acids is 1. The van der Waals surface area contributed by atoms with E-state index in [-0.39, 0.29) is 11.3 Å². The lowest BCUT2D eigenvalue weighted by molar-refractivity contribution is -0.110. The molecule has 0 bridgehead atoms. The molecule has 3 aromatic rings. The van der Waals surface area contributed by atoms with Crippen molar-refractivity contribution < 1.29 is 19.2 Å². The van der Waals surface area contributed by atoms with E-state index in [1.807, 2.05) is 18.2 Å². The summed E-state index contributed by atoms with van der Waals surface area (Å²) >= 11 is 6.55. The van der Waals surface area contributed by atoms with Crippen LogP contribution in [-0.4, -0.2) is 42.5 Å². The molecule has 1 fully saturated rings. The fourth-order valence-corrected chi connectivity index (χ4v) is 4.25. The zero-order chi connectivity index (χ0) is 21.5. The van der Waals surface area contributed by atoms with Crippen molar-refractivity contribution in [2.24, 2.45) is 0 Å². The van der Waals surface area contributed by atoms with Crippen molar-refractivity contribution in [2.75, 3.05) is 36.5 Å². The highest BCUT2D eigenvalue weighted by atomic mass is 35.5. The molecular formula is C23H20ClN3O4. The molecule has 1 aromatic heterocycles. The number of aliphatic hydroxyl groups is 1. The number of aliphatic hydroxyl groups excluding tert-OH is 1. The first-order valence-corrected chi connectivity index (χ1v) is 10.3. The molecule has 2 aliphatic rings. The minimum Gasteiger partial charge on any atom is -0.506 e. The van der Waals surface area contributed by atoms with Crippen LogP contribution in [0.2, 0.25) is 5.02 Å². The Morgan fingerprint density at radius 1 is 1.16 bits per heavy atom. The Balaban J connectivity index is 1.55. The number of ether oxygens (including phenoxy) is 1. The topological polar surface area (TPSA) is 87.8 Å². The van der Waals surface area contributed by atoms with Crippen molar-refractivity contribution in [1.82, 2.24) is 5.16 Å². The van der Waals surface area contributed by atoms with Gasteiger partial charge in [-0.1, -0.05) is 28.9 Å². The molecule has 8 heteroatoms. The molecule has 7 nitrogen and oxygen atoms in total. The maximum Gasteiger partial charge on any atom is 0.260 e. The average Bonchev–Trinajstić information content (AvgIpc) is 3.35. The highest BCUT2D eigenvalue weighted by Crippen LogP contribution is 2.42. The Kier molecular flexibility index (Phi) is 4.92. The monoisotopic (exact) mass is 437 g/mol. The first-order valence-electron chi connectivity index (χ1n) is 9.96. The summed E-state index contributed by atoms with van der Waals surface area (Å²) in [7, 11) is 0. The number of nitrogens with zero attached hydrogens (tertiary/aromatic N) is 2. The number of fused-ring (bicyclic) bond motifs is 1. The van der Waals surface area contributed by atoms with E-state index in [9.17, 15) is 9.90 Å². The lowest BCUT2D eigenvalue weighted by Gasteiger charge is -2.29. The summed E-state index contributed by atoms with van der Waals surface area (Å²) in [6.07, 6.45) is 1.32. The number of aromatic nitrogens is 1. The molecule has 0 saturated carbocycles. The number of aryl methyl sites for hydroxylation is 1. The first kappa shape index (κ1) is 19.7. The fraction of sp³-hybridized carbons (Fsp3) is 0.217. The van der Waals surface area contributed by atoms with Crippen molar-refractivity contribution in [3.05, 3.63) is 64.5 Å². The van der Waals surface area contributed by atoms with E-state index in [1.54, 1.807) is 13.0 Å². The molecule has 0 atom stereocenters. The minimum absolute atomic E-state index is 0.171. The Morgan fingerprint density at radius 3 is 2.58 bits per heavy atom. The lowest BCUT2D eigenvalue weighted by atomic mass is 9.97. The van der Waals surface area contributed by atoms with Crippen molar-refractivity contribution in [1.29, 1.82) is 0 Å². The van der Waals surface area contributed by atoms with Crippen molar-refractivity contribution in [2.45, 2.75) is 6.92 Å². The van der Waals surface area contributed by atoms with E-state index >= 15 is 0 Å². The summed E-state index contributed by atoms with van der Waals surface area (Å²) in [5.74, 6) is -0.574. The smallest absolute Gasteiger partial charge is 0.260 e. The summed E-state index contributed by atoms with van der Waals surface area (Å²) in [6, 6.07) is 11.7. The molecule has 2 N–H and O–H groups in total. The van der Waals surface area contributed by atoms with Gasteiger partial charge in [0, 0.05) is 29.9 Å². The van der Waals surface area contributed by atoms with E-state index in [4.69, 9.17) is 20.9 Å². The second kappa shape index (κ2) is 7.76. The number of amides is 1. The minimum atomic E-state index is -0.399. The summed E-state index contributed by atoms with van der Waals surface area (Å²) in [6.45, 7) is 4.88. The average molecular weight is 438 g/mol. The van der Waals surface area contributed by atoms with Crippen LogP contribution in [0.15, 0.2) is 47.2 Å². The van der Waals surface area contributed by atoms with Gasteiger partial charge in [0.2, 0.25) is 0 Å². The van der Waals surface area contributed by atoms with Crippen LogP contribution in [0.25, 0.3) is 22.5 Å². The highest BCUT2D eigenvalue weighted by Gasteiger charge is 2.31. The van der Waals surface area contributed by atoms with Crippen LogP contribution in [-0.2, 0) is 9.53 Å². The van der Waals surface area contributed by atoms with E-state index in [0.29, 0.717) is 27.5 Å². The number of hydrogen-bond acceptors (Lipinski definition) is 6. The van der Waals surface area contributed by atoms with Crippen LogP contribution < -0.4 is 10.2 Å². The number of nitrogens with one attached hydrogen (secondary N) is 1. The summed E-state index contributed by atoms with van der Waals surface area (Å²) in [4.78, 5) is 14.9. The normalized spacial score (nSPS) is 17.5. The standard InChI is InChI=1S/C23H20ClN3O4/c1-13-18(12-31-26-13)22(28)21-17-10-16(19(24)11-20(17)25-23(21)29)14-2-4-15(5-3-14)27-6-8-30-9-7-27/h2-5,10-12,28H,6-9H2,1H3,(H,25,29). The number of halogens is 1. The van der Waals surface area contributed by atoms with Gasteiger partial charge in [0.05, 0.1) is 40.8 Å². The third-order valence-electron chi connectivity index (χ3n) is 5.65. The second-order valence-electron chi connectivity index (χ2n) is 7.52. The van der Waals surface area contributed by atoms with Crippen molar-refractivity contribution >= 4 is 40.2 Å². The van der Waals surface area contributed by atoms with Crippen LogP contribution in [0.3, 0.4) is 0 Å². The van der Waals surface area contributed by atoms with Gasteiger partial charge < -0.3 is 24.6 Å². The Labute approximate surface area is 183 Å². The van der Waals surface area contributed by atoms with E-state index in [0.717, 1.165) is 43.1 Å². The molecule has 31 heavy (non-hydrogen) atoms. The predicted molar refractivity (Wildman–Crippen MR) is 119 cm³/mol. The Morgan fingerprint density at radius 2 is 1.90 bits per heavy atom. The molecule has 0 unspecified atom stereocenters. The molecule has 5 rings (SSSR count). The number of benzene rings is 2. The van der Waals surface area contributed by atoms with Crippen LogP contribution in [0.4, 0.5) is 11.4 Å². The van der Waals surface area contributed by atoms with Gasteiger partial charge in [-0.25, -0.2) is 0 Å². The Hall–Kier alpha value is -3.29. The van der Waals surface area contributed by atoms with Crippen LogP contribution >= 0.6 is 11.6 Å². The maximum absolute atomic E-state index is 12.6. The van der Waals surface area contributed by atoms with Gasteiger partial charge in [0.15, 0.2) is 0 Å². The van der Waals surface area contributed by atoms with Gasteiger partial charge in [0.1, 0.15) is 12.0 Å². The molecule has 3 heterocycles. The first-order chi connectivity index (χ1) is 15.0. The molecule has 0 spiro atoms. The van der Waals surface area contributed by atoms with Crippen LogP contribution in [0.1, 0.15) is 16.8 Å². The molecular weight excluding hydrogens is 418 g/mol. The third-order valence-corrected chi connectivity index (χ3v) is 5.96. The van der Waals surface area contributed by atoms with Crippen LogP contribution in [0, 0.1) is 6.92 Å². The van der Waals surface area contributed by atoms with Crippen molar-refractivity contribution in [3.63, 3.8) is 0 Å². The van der Waals surface area contributed by atoms with Gasteiger partial charge in [0.25, 0.3) is 5.91 Å².